The van der Waals surface area contributed by atoms with Gasteiger partial charge >= 0.3 is 6.09 Å². The lowest BCUT2D eigenvalue weighted by molar-refractivity contribution is -0.0965. The molecule has 4 heteroatoms. The summed E-state index contributed by atoms with van der Waals surface area (Å²) in [6.07, 6.45) is 3.53. The Bertz CT molecular complexity index is 484. The average molecular weight is 258 g/mol. The molecule has 1 amide bonds. The number of hydrogen-bond acceptors (Lipinski definition) is 2. The second kappa shape index (κ2) is 4.70. The van der Waals surface area contributed by atoms with Crippen LogP contribution in [0.15, 0.2) is 36.4 Å². The molecule has 0 atom stereocenters. The Balaban J connectivity index is 1.41. The van der Waals surface area contributed by atoms with Gasteiger partial charge in [-0.15, -0.1) is 0 Å². The lowest BCUT2D eigenvalue weighted by Gasteiger charge is -2.59. The monoisotopic (exact) mass is 258 g/mol. The molecule has 19 heavy (non-hydrogen) atoms. The molecule has 3 rings (SSSR count). The molecule has 2 aliphatic rings. The largest absolute Gasteiger partial charge is 0.465 e. The van der Waals surface area contributed by atoms with E-state index < -0.39 is 6.09 Å². The molecule has 2 aliphatic heterocycles. The first kappa shape index (κ1) is 12.2. The molecule has 1 aromatic rings. The summed E-state index contributed by atoms with van der Waals surface area (Å²) in [5.74, 6) is 0. The highest BCUT2D eigenvalue weighted by atomic mass is 16.4. The van der Waals surface area contributed by atoms with Crippen LogP contribution in [-0.2, 0) is 0 Å². The van der Waals surface area contributed by atoms with Crippen LogP contribution in [0.2, 0.25) is 0 Å². The van der Waals surface area contributed by atoms with E-state index in [9.17, 15) is 4.79 Å². The van der Waals surface area contributed by atoms with Crippen LogP contribution in [0, 0.1) is 5.41 Å². The van der Waals surface area contributed by atoms with E-state index in [1.54, 1.807) is 0 Å². The van der Waals surface area contributed by atoms with Gasteiger partial charge in [0.25, 0.3) is 0 Å². The molecule has 2 fully saturated rings. The highest BCUT2D eigenvalue weighted by molar-refractivity contribution is 5.66. The maximum absolute atomic E-state index is 10.7. The molecule has 1 N–H and O–H groups in total. The Morgan fingerprint density at radius 1 is 1.21 bits per heavy atom. The van der Waals surface area contributed by atoms with E-state index in [4.69, 9.17) is 5.11 Å². The number of carbonyl (C=O) groups is 1. The zero-order valence-corrected chi connectivity index (χ0v) is 10.8. The Labute approximate surface area is 112 Å². The number of likely N-dealkylation sites (tertiary alicyclic amines) is 2. The van der Waals surface area contributed by atoms with E-state index >= 15 is 0 Å². The minimum atomic E-state index is -0.784. The predicted octanol–water partition coefficient (Wildman–Crippen LogP) is 2.00. The van der Waals surface area contributed by atoms with Crippen LogP contribution in [0.3, 0.4) is 0 Å². The summed E-state index contributed by atoms with van der Waals surface area (Å²) in [6.45, 7) is 4.41. The fourth-order valence-corrected chi connectivity index (χ4v) is 3.03. The van der Waals surface area contributed by atoms with Gasteiger partial charge in [-0.1, -0.05) is 42.5 Å². The van der Waals surface area contributed by atoms with Crippen molar-refractivity contribution in [1.29, 1.82) is 0 Å². The molecule has 0 radical (unpaired) electrons. The molecule has 4 nitrogen and oxygen atoms in total. The van der Waals surface area contributed by atoms with Gasteiger partial charge in [-0.3, -0.25) is 4.90 Å². The van der Waals surface area contributed by atoms with Gasteiger partial charge in [-0.25, -0.2) is 4.79 Å². The van der Waals surface area contributed by atoms with Gasteiger partial charge in [0, 0.05) is 38.1 Å². The second-order valence-corrected chi connectivity index (χ2v) is 5.62. The minimum Gasteiger partial charge on any atom is -0.465 e. The summed E-state index contributed by atoms with van der Waals surface area (Å²) in [5, 5.41) is 8.82. The van der Waals surface area contributed by atoms with Gasteiger partial charge in [-0.05, 0) is 5.56 Å². The molecule has 2 saturated heterocycles. The van der Waals surface area contributed by atoms with E-state index in [1.807, 2.05) is 18.2 Å². The van der Waals surface area contributed by atoms with Gasteiger partial charge in [0.1, 0.15) is 0 Å². The van der Waals surface area contributed by atoms with Gasteiger partial charge in [0.05, 0.1) is 0 Å². The summed E-state index contributed by atoms with van der Waals surface area (Å²) < 4.78 is 0. The number of rotatable bonds is 3. The second-order valence-electron chi connectivity index (χ2n) is 5.62. The first-order valence-corrected chi connectivity index (χ1v) is 6.59. The highest BCUT2D eigenvalue weighted by Gasteiger charge is 2.52. The van der Waals surface area contributed by atoms with Crippen molar-refractivity contribution in [3.63, 3.8) is 0 Å². The third-order valence-corrected chi connectivity index (χ3v) is 3.91. The molecule has 0 saturated carbocycles. The Hall–Kier alpha value is -1.81. The number of carboxylic acid groups (broad SMARTS) is 1. The normalized spacial score (nSPS) is 21.4. The predicted molar refractivity (Wildman–Crippen MR) is 73.9 cm³/mol. The van der Waals surface area contributed by atoms with Crippen molar-refractivity contribution in [1.82, 2.24) is 9.80 Å². The topological polar surface area (TPSA) is 43.8 Å². The van der Waals surface area contributed by atoms with Gasteiger partial charge < -0.3 is 10.0 Å². The SMILES string of the molecule is O=C(O)N1CC2(CN(C/C=C/c3ccccc3)C2)C1. The maximum Gasteiger partial charge on any atom is 0.407 e. The third kappa shape index (κ3) is 2.49. The molecule has 0 aromatic heterocycles. The Morgan fingerprint density at radius 2 is 1.89 bits per heavy atom. The Kier molecular flexibility index (Phi) is 3.03. The van der Waals surface area contributed by atoms with Crippen LogP contribution < -0.4 is 0 Å². The first-order valence-electron chi connectivity index (χ1n) is 6.59. The molecule has 0 unspecified atom stereocenters. The molecule has 2 heterocycles. The van der Waals surface area contributed by atoms with Crippen molar-refractivity contribution in [2.45, 2.75) is 0 Å². The summed E-state index contributed by atoms with van der Waals surface area (Å²) >= 11 is 0. The van der Waals surface area contributed by atoms with Gasteiger partial charge in [0.15, 0.2) is 0 Å². The third-order valence-electron chi connectivity index (χ3n) is 3.91. The minimum absolute atomic E-state index is 0.263. The van der Waals surface area contributed by atoms with Crippen molar-refractivity contribution < 1.29 is 9.90 Å². The zero-order chi connectivity index (χ0) is 13.3. The van der Waals surface area contributed by atoms with Crippen LogP contribution >= 0.6 is 0 Å². The first-order chi connectivity index (χ1) is 9.17. The van der Waals surface area contributed by atoms with E-state index in [1.165, 1.54) is 10.5 Å². The van der Waals surface area contributed by atoms with Crippen LogP contribution in [-0.4, -0.2) is 53.7 Å². The fourth-order valence-electron chi connectivity index (χ4n) is 3.03. The molecule has 0 aliphatic carbocycles. The quantitative estimate of drug-likeness (QED) is 0.901. The van der Waals surface area contributed by atoms with Gasteiger partial charge in [0.2, 0.25) is 0 Å². The van der Waals surface area contributed by atoms with E-state index in [0.29, 0.717) is 13.1 Å². The van der Waals surface area contributed by atoms with E-state index in [2.05, 4.69) is 29.2 Å². The molecule has 0 bridgehead atoms. The smallest absolute Gasteiger partial charge is 0.407 e. The van der Waals surface area contributed by atoms with Crippen LogP contribution in [0.1, 0.15) is 5.56 Å². The van der Waals surface area contributed by atoms with Crippen molar-refractivity contribution in [2.75, 3.05) is 32.7 Å². The zero-order valence-electron chi connectivity index (χ0n) is 10.8. The Morgan fingerprint density at radius 3 is 2.53 bits per heavy atom. The van der Waals surface area contributed by atoms with Crippen molar-refractivity contribution >= 4 is 12.2 Å². The summed E-state index contributed by atoms with van der Waals surface area (Å²) in [6, 6.07) is 10.3. The standard InChI is InChI=1S/C15H18N2O2/c18-14(19)17-11-15(12-17)9-16(10-15)8-4-7-13-5-2-1-3-6-13/h1-7H,8-12H2,(H,18,19)/b7-4+. The van der Waals surface area contributed by atoms with Crippen LogP contribution in [0.25, 0.3) is 6.08 Å². The lowest BCUT2D eigenvalue weighted by atomic mass is 9.73. The highest BCUT2D eigenvalue weighted by Crippen LogP contribution is 2.39. The summed E-state index contributed by atoms with van der Waals surface area (Å²) in [4.78, 5) is 14.6. The van der Waals surface area contributed by atoms with Crippen molar-refractivity contribution in [2.24, 2.45) is 5.41 Å². The van der Waals surface area contributed by atoms with Crippen LogP contribution in [0.5, 0.6) is 0 Å². The number of nitrogens with zero attached hydrogens (tertiary/aromatic N) is 2. The number of hydrogen-bond donors (Lipinski definition) is 1. The fraction of sp³-hybridized carbons (Fsp3) is 0.400. The van der Waals surface area contributed by atoms with Crippen molar-refractivity contribution in [3.8, 4) is 0 Å². The molecule has 100 valence electrons. The maximum atomic E-state index is 10.7. The van der Waals surface area contributed by atoms with E-state index in [-0.39, 0.29) is 5.41 Å². The molecule has 1 spiro atoms. The van der Waals surface area contributed by atoms with Crippen LogP contribution in [0.4, 0.5) is 4.79 Å². The summed E-state index contributed by atoms with van der Waals surface area (Å²) in [7, 11) is 0. The number of benzene rings is 1. The molecular formula is C15H18N2O2. The van der Waals surface area contributed by atoms with E-state index in [0.717, 1.165) is 19.6 Å². The number of amides is 1. The van der Waals surface area contributed by atoms with Crippen molar-refractivity contribution in [3.05, 3.63) is 42.0 Å². The molecule has 1 aromatic carbocycles. The van der Waals surface area contributed by atoms with Gasteiger partial charge in [-0.2, -0.15) is 0 Å². The molecular weight excluding hydrogens is 240 g/mol. The summed E-state index contributed by atoms with van der Waals surface area (Å²) in [5.41, 5.74) is 1.48. The lowest BCUT2D eigenvalue weighted by Crippen LogP contribution is -2.72. The average Bonchev–Trinajstić information content (AvgIpc) is 2.30.